The van der Waals surface area contributed by atoms with E-state index < -0.39 is 0 Å². The van der Waals surface area contributed by atoms with Crippen molar-refractivity contribution < 1.29 is 14.0 Å². The number of benzene rings is 2. The Balaban J connectivity index is 1.81. The van der Waals surface area contributed by atoms with Crippen LogP contribution in [0.15, 0.2) is 53.4 Å². The van der Waals surface area contributed by atoms with Crippen LogP contribution in [0.3, 0.4) is 0 Å². The fourth-order valence-electron chi connectivity index (χ4n) is 2.16. The molecule has 1 aliphatic rings. The van der Waals surface area contributed by atoms with E-state index in [2.05, 4.69) is 22.6 Å². The van der Waals surface area contributed by atoms with Crippen LogP contribution in [-0.4, -0.2) is 16.0 Å². The van der Waals surface area contributed by atoms with E-state index in [9.17, 15) is 14.0 Å². The number of hydrogen-bond donors (Lipinski definition) is 0. The fourth-order valence-corrected chi connectivity index (χ4v) is 3.56. The maximum Gasteiger partial charge on any atom is 0.293 e. The monoisotopic (exact) mass is 439 g/mol. The molecule has 0 atom stereocenters. The van der Waals surface area contributed by atoms with E-state index in [4.69, 9.17) is 0 Å². The van der Waals surface area contributed by atoms with Crippen LogP contribution < -0.4 is 0 Å². The van der Waals surface area contributed by atoms with E-state index in [-0.39, 0.29) is 23.5 Å². The first-order valence-corrected chi connectivity index (χ1v) is 8.68. The Kier molecular flexibility index (Phi) is 4.82. The van der Waals surface area contributed by atoms with Crippen LogP contribution in [0, 0.1) is 9.39 Å². The lowest BCUT2D eigenvalue weighted by molar-refractivity contribution is -0.123. The summed E-state index contributed by atoms with van der Waals surface area (Å²) in [4.78, 5) is 26.1. The Bertz CT molecular complexity index is 804. The third-order valence-electron chi connectivity index (χ3n) is 3.27. The van der Waals surface area contributed by atoms with Gasteiger partial charge in [0, 0.05) is 3.57 Å². The molecule has 2 amide bonds. The van der Waals surface area contributed by atoms with Crippen molar-refractivity contribution in [2.75, 3.05) is 0 Å². The Labute approximate surface area is 150 Å². The van der Waals surface area contributed by atoms with Gasteiger partial charge < -0.3 is 0 Å². The van der Waals surface area contributed by atoms with Crippen molar-refractivity contribution in [2.24, 2.45) is 0 Å². The zero-order valence-electron chi connectivity index (χ0n) is 11.8. The number of thioether (sulfide) groups is 1. The molecule has 3 rings (SSSR count). The van der Waals surface area contributed by atoms with Gasteiger partial charge in [0.15, 0.2) is 0 Å². The number of nitrogens with zero attached hydrogens (tertiary/aromatic N) is 1. The molecule has 3 nitrogen and oxygen atoms in total. The largest absolute Gasteiger partial charge is 0.293 e. The Hall–Kier alpha value is -1.67. The smallest absolute Gasteiger partial charge is 0.268 e. The lowest BCUT2D eigenvalue weighted by atomic mass is 10.2. The number of amides is 2. The van der Waals surface area contributed by atoms with E-state index in [0.717, 1.165) is 20.9 Å². The SMILES string of the molecule is O=C1SC(=Cc2cccc(I)c2)C(=O)N1Cc1ccc(F)cc1. The molecular weight excluding hydrogens is 428 g/mol. The molecule has 1 fully saturated rings. The van der Waals surface area contributed by atoms with Crippen molar-refractivity contribution in [3.63, 3.8) is 0 Å². The van der Waals surface area contributed by atoms with Gasteiger partial charge in [0.2, 0.25) is 0 Å². The summed E-state index contributed by atoms with van der Waals surface area (Å²) in [6.07, 6.45) is 1.72. The summed E-state index contributed by atoms with van der Waals surface area (Å²) in [7, 11) is 0. The summed E-state index contributed by atoms with van der Waals surface area (Å²) in [5, 5.41) is -0.309. The standard InChI is InChI=1S/C17H11FINO2S/c18-13-6-4-11(5-7-13)10-20-16(21)15(23-17(20)22)9-12-2-1-3-14(19)8-12/h1-9H,10H2. The molecule has 1 heterocycles. The number of carbonyl (C=O) groups is 2. The highest BCUT2D eigenvalue weighted by molar-refractivity contribution is 14.1. The lowest BCUT2D eigenvalue weighted by Crippen LogP contribution is -2.27. The van der Waals surface area contributed by atoms with Crippen LogP contribution in [0.1, 0.15) is 11.1 Å². The zero-order valence-corrected chi connectivity index (χ0v) is 14.8. The highest BCUT2D eigenvalue weighted by Crippen LogP contribution is 2.33. The number of imide groups is 1. The van der Waals surface area contributed by atoms with E-state index in [1.54, 1.807) is 18.2 Å². The first kappa shape index (κ1) is 16.2. The molecule has 0 spiro atoms. The van der Waals surface area contributed by atoms with E-state index in [1.165, 1.54) is 17.0 Å². The summed E-state index contributed by atoms with van der Waals surface area (Å²) in [6.45, 7) is 0.147. The molecule has 116 valence electrons. The van der Waals surface area contributed by atoms with Crippen molar-refractivity contribution in [3.05, 3.63) is 74.0 Å². The molecule has 23 heavy (non-hydrogen) atoms. The maximum atomic E-state index is 12.9. The zero-order chi connectivity index (χ0) is 16.4. The average Bonchev–Trinajstić information content (AvgIpc) is 2.77. The highest BCUT2D eigenvalue weighted by atomic mass is 127. The second kappa shape index (κ2) is 6.84. The van der Waals surface area contributed by atoms with Gasteiger partial charge in [-0.2, -0.15) is 0 Å². The van der Waals surface area contributed by atoms with Gasteiger partial charge in [-0.1, -0.05) is 24.3 Å². The van der Waals surface area contributed by atoms with Crippen molar-refractivity contribution >= 4 is 51.6 Å². The van der Waals surface area contributed by atoms with Gasteiger partial charge in [-0.25, -0.2) is 4.39 Å². The summed E-state index contributed by atoms with van der Waals surface area (Å²) < 4.78 is 14.0. The molecular formula is C17H11FINO2S. The first-order chi connectivity index (χ1) is 11.0. The average molecular weight is 439 g/mol. The topological polar surface area (TPSA) is 37.4 Å². The first-order valence-electron chi connectivity index (χ1n) is 6.78. The third-order valence-corrected chi connectivity index (χ3v) is 4.85. The van der Waals surface area contributed by atoms with Gasteiger partial charge in [0.25, 0.3) is 11.1 Å². The van der Waals surface area contributed by atoms with Gasteiger partial charge >= 0.3 is 0 Å². The Morgan fingerprint density at radius 2 is 1.87 bits per heavy atom. The van der Waals surface area contributed by atoms with Crippen molar-refractivity contribution in [2.45, 2.75) is 6.54 Å². The number of halogens is 2. The van der Waals surface area contributed by atoms with Crippen molar-refractivity contribution in [1.82, 2.24) is 4.90 Å². The van der Waals surface area contributed by atoms with Gasteiger partial charge in [-0.3, -0.25) is 14.5 Å². The van der Waals surface area contributed by atoms with Gasteiger partial charge in [-0.15, -0.1) is 0 Å². The molecule has 0 bridgehead atoms. The van der Waals surface area contributed by atoms with E-state index in [0.29, 0.717) is 10.5 Å². The number of rotatable bonds is 3. The third kappa shape index (κ3) is 3.81. The van der Waals surface area contributed by atoms with E-state index in [1.807, 2.05) is 24.3 Å². The van der Waals surface area contributed by atoms with Crippen LogP contribution in [-0.2, 0) is 11.3 Å². The van der Waals surface area contributed by atoms with Crippen molar-refractivity contribution in [3.8, 4) is 0 Å². The van der Waals surface area contributed by atoms with E-state index >= 15 is 0 Å². The molecule has 0 radical (unpaired) electrons. The molecule has 0 N–H and O–H groups in total. The normalized spacial score (nSPS) is 16.4. The maximum absolute atomic E-state index is 12.9. The van der Waals surface area contributed by atoms with Crippen LogP contribution in [0.4, 0.5) is 9.18 Å². The molecule has 2 aromatic rings. The molecule has 2 aromatic carbocycles. The van der Waals surface area contributed by atoms with Gasteiger partial charge in [0.05, 0.1) is 11.4 Å². The molecule has 1 saturated heterocycles. The molecule has 6 heteroatoms. The highest BCUT2D eigenvalue weighted by Gasteiger charge is 2.34. The van der Waals surface area contributed by atoms with Gasteiger partial charge in [0.1, 0.15) is 5.82 Å². The second-order valence-corrected chi connectivity index (χ2v) is 7.19. The quantitative estimate of drug-likeness (QED) is 0.516. The fraction of sp³-hybridized carbons (Fsp3) is 0.0588. The van der Waals surface area contributed by atoms with Crippen LogP contribution >= 0.6 is 34.4 Å². The Morgan fingerprint density at radius 3 is 2.57 bits per heavy atom. The summed E-state index contributed by atoms with van der Waals surface area (Å²) in [5.41, 5.74) is 1.59. The minimum atomic E-state index is -0.346. The molecule has 1 aliphatic heterocycles. The lowest BCUT2D eigenvalue weighted by Gasteiger charge is -2.12. The molecule has 0 unspecified atom stereocenters. The predicted molar refractivity (Wildman–Crippen MR) is 97.1 cm³/mol. The van der Waals surface area contributed by atoms with Crippen LogP contribution in [0.5, 0.6) is 0 Å². The second-order valence-electron chi connectivity index (χ2n) is 4.95. The van der Waals surface area contributed by atoms with Crippen molar-refractivity contribution in [1.29, 1.82) is 0 Å². The number of hydrogen-bond acceptors (Lipinski definition) is 3. The summed E-state index contributed by atoms with van der Waals surface area (Å²) in [6, 6.07) is 13.5. The summed E-state index contributed by atoms with van der Waals surface area (Å²) >= 11 is 3.12. The van der Waals surface area contributed by atoms with Crippen LogP contribution in [0.2, 0.25) is 0 Å². The van der Waals surface area contributed by atoms with Gasteiger partial charge in [-0.05, 0) is 75.8 Å². The molecule has 0 aliphatic carbocycles. The van der Waals surface area contributed by atoms with Crippen LogP contribution in [0.25, 0.3) is 6.08 Å². The Morgan fingerprint density at radius 1 is 1.13 bits per heavy atom. The predicted octanol–water partition coefficient (Wildman–Crippen LogP) is 4.67. The minimum Gasteiger partial charge on any atom is -0.268 e. The minimum absolute atomic E-state index is 0.147. The number of carbonyl (C=O) groups excluding carboxylic acids is 2. The molecule has 0 aromatic heterocycles. The summed E-state index contributed by atoms with van der Waals surface area (Å²) in [5.74, 6) is -0.662. The molecule has 0 saturated carbocycles.